The number of anilines is 1. The summed E-state index contributed by atoms with van der Waals surface area (Å²) in [5, 5.41) is 4.72. The van der Waals surface area contributed by atoms with Crippen molar-refractivity contribution < 1.29 is 0 Å². The molecule has 94 valence electrons. The zero-order valence-corrected chi connectivity index (χ0v) is 13.9. The molecule has 1 nitrogen and oxygen atoms in total. The van der Waals surface area contributed by atoms with Gasteiger partial charge in [-0.1, -0.05) is 35.3 Å². The third kappa shape index (κ3) is 3.41. The maximum absolute atomic E-state index is 6.03. The van der Waals surface area contributed by atoms with Crippen LogP contribution in [0.4, 0.5) is 5.69 Å². The van der Waals surface area contributed by atoms with Crippen molar-refractivity contribution in [1.29, 1.82) is 0 Å². The third-order valence-corrected chi connectivity index (χ3v) is 5.03. The largest absolute Gasteiger partial charge is 0.380 e. The number of benzene rings is 2. The Hall–Kier alpha value is -0.220. The summed E-state index contributed by atoms with van der Waals surface area (Å²) in [6.07, 6.45) is 0. The lowest BCUT2D eigenvalue weighted by Crippen LogP contribution is -2.00. The SMILES string of the molecule is Clc1ccc(CNc2cccc(Cl)c2Br)cc1Br. The predicted molar refractivity (Wildman–Crippen MR) is 85.6 cm³/mol. The van der Waals surface area contributed by atoms with Crippen LogP contribution in [0.2, 0.25) is 10.0 Å². The van der Waals surface area contributed by atoms with E-state index in [1.165, 1.54) is 0 Å². The van der Waals surface area contributed by atoms with Gasteiger partial charge in [-0.15, -0.1) is 0 Å². The molecule has 2 aromatic rings. The van der Waals surface area contributed by atoms with Gasteiger partial charge in [0.2, 0.25) is 0 Å². The lowest BCUT2D eigenvalue weighted by Gasteiger charge is -2.10. The molecule has 18 heavy (non-hydrogen) atoms. The summed E-state index contributed by atoms with van der Waals surface area (Å²) in [6, 6.07) is 11.6. The highest BCUT2D eigenvalue weighted by atomic mass is 79.9. The van der Waals surface area contributed by atoms with E-state index in [1.54, 1.807) is 0 Å². The number of nitrogens with one attached hydrogen (secondary N) is 1. The number of hydrogen-bond donors (Lipinski definition) is 1. The standard InChI is InChI=1S/C13H9Br2Cl2N/c14-9-6-8(4-5-10(9)16)7-18-12-3-1-2-11(17)13(12)15/h1-6,18H,7H2. The molecule has 0 aliphatic carbocycles. The molecule has 0 heterocycles. The van der Waals surface area contributed by atoms with Crippen LogP contribution >= 0.6 is 55.1 Å². The van der Waals surface area contributed by atoms with Gasteiger partial charge in [-0.3, -0.25) is 0 Å². The van der Waals surface area contributed by atoms with Gasteiger partial charge in [0.25, 0.3) is 0 Å². The van der Waals surface area contributed by atoms with Gasteiger partial charge in [0.15, 0.2) is 0 Å². The molecule has 0 radical (unpaired) electrons. The molecule has 0 fully saturated rings. The summed E-state index contributed by atoms with van der Waals surface area (Å²) >= 11 is 18.8. The quantitative estimate of drug-likeness (QED) is 0.642. The molecule has 0 saturated carbocycles. The Balaban J connectivity index is 2.11. The Morgan fingerprint density at radius 1 is 1.00 bits per heavy atom. The first-order valence-corrected chi connectivity index (χ1v) is 7.54. The van der Waals surface area contributed by atoms with E-state index in [9.17, 15) is 0 Å². The molecule has 0 aliphatic rings. The number of hydrogen-bond acceptors (Lipinski definition) is 1. The van der Waals surface area contributed by atoms with Crippen LogP contribution in [0.25, 0.3) is 0 Å². The van der Waals surface area contributed by atoms with Gasteiger partial charge < -0.3 is 5.32 Å². The van der Waals surface area contributed by atoms with Gasteiger partial charge in [0, 0.05) is 11.0 Å². The summed E-state index contributed by atoms with van der Waals surface area (Å²) < 4.78 is 1.77. The normalized spacial score (nSPS) is 10.4. The number of rotatable bonds is 3. The molecular formula is C13H9Br2Cl2N. The first-order chi connectivity index (χ1) is 8.58. The Kier molecular flexibility index (Phi) is 4.96. The molecule has 1 N–H and O–H groups in total. The van der Waals surface area contributed by atoms with E-state index in [0.29, 0.717) is 16.6 Å². The zero-order chi connectivity index (χ0) is 13.1. The fourth-order valence-corrected chi connectivity index (χ4v) is 2.61. The summed E-state index contributed by atoms with van der Waals surface area (Å²) in [4.78, 5) is 0. The molecular weight excluding hydrogens is 401 g/mol. The van der Waals surface area contributed by atoms with Crippen LogP contribution in [0.1, 0.15) is 5.56 Å². The lowest BCUT2D eigenvalue weighted by atomic mass is 10.2. The molecule has 5 heteroatoms. The van der Waals surface area contributed by atoms with E-state index >= 15 is 0 Å². The van der Waals surface area contributed by atoms with E-state index < -0.39 is 0 Å². The minimum Gasteiger partial charge on any atom is -0.380 e. The van der Waals surface area contributed by atoms with Gasteiger partial charge in [0.05, 0.1) is 20.2 Å². The van der Waals surface area contributed by atoms with Gasteiger partial charge in [-0.25, -0.2) is 0 Å². The fourth-order valence-electron chi connectivity index (χ4n) is 1.49. The molecule has 0 aliphatic heterocycles. The fraction of sp³-hybridized carbons (Fsp3) is 0.0769. The van der Waals surface area contributed by atoms with Crippen LogP contribution in [0.15, 0.2) is 45.3 Å². The van der Waals surface area contributed by atoms with Crippen molar-refractivity contribution in [3.8, 4) is 0 Å². The second-order valence-corrected chi connectivity index (χ2v) is 6.17. The monoisotopic (exact) mass is 407 g/mol. The minimum atomic E-state index is 0.692. The second kappa shape index (κ2) is 6.29. The highest BCUT2D eigenvalue weighted by molar-refractivity contribution is 9.11. The Morgan fingerprint density at radius 3 is 2.50 bits per heavy atom. The minimum absolute atomic E-state index is 0.692. The Morgan fingerprint density at radius 2 is 1.78 bits per heavy atom. The van der Waals surface area contributed by atoms with E-state index in [4.69, 9.17) is 23.2 Å². The van der Waals surface area contributed by atoms with Crippen molar-refractivity contribution in [2.24, 2.45) is 0 Å². The Labute approximate surface area is 133 Å². The van der Waals surface area contributed by atoms with Gasteiger partial charge in [0.1, 0.15) is 0 Å². The summed E-state index contributed by atoms with van der Waals surface area (Å²) in [5.41, 5.74) is 2.10. The van der Waals surface area contributed by atoms with Gasteiger partial charge in [-0.05, 0) is 61.7 Å². The lowest BCUT2D eigenvalue weighted by molar-refractivity contribution is 1.14. The maximum Gasteiger partial charge on any atom is 0.0593 e. The highest BCUT2D eigenvalue weighted by Gasteiger charge is 2.04. The van der Waals surface area contributed by atoms with Crippen LogP contribution in [0, 0.1) is 0 Å². The molecule has 0 saturated heterocycles. The molecule has 0 atom stereocenters. The summed E-state index contributed by atoms with van der Waals surface area (Å²) in [6.45, 7) is 0.703. The average Bonchev–Trinajstić information content (AvgIpc) is 2.35. The molecule has 0 amide bonds. The molecule has 0 unspecified atom stereocenters. The van der Waals surface area contributed by atoms with Crippen LogP contribution in [0.3, 0.4) is 0 Å². The average molecular weight is 410 g/mol. The van der Waals surface area contributed by atoms with E-state index in [0.717, 1.165) is 20.2 Å². The summed E-state index contributed by atoms with van der Waals surface area (Å²) in [5.74, 6) is 0. The first kappa shape index (κ1) is 14.2. The molecule has 2 aromatic carbocycles. The Bertz CT molecular complexity index is 573. The molecule has 0 spiro atoms. The molecule has 0 aromatic heterocycles. The van der Waals surface area contributed by atoms with E-state index in [1.807, 2.05) is 36.4 Å². The maximum atomic E-state index is 6.03. The van der Waals surface area contributed by atoms with Crippen molar-refractivity contribution in [3.63, 3.8) is 0 Å². The molecule has 0 bridgehead atoms. The zero-order valence-electron chi connectivity index (χ0n) is 9.18. The topological polar surface area (TPSA) is 12.0 Å². The van der Waals surface area contributed by atoms with Crippen LogP contribution in [-0.4, -0.2) is 0 Å². The van der Waals surface area contributed by atoms with Crippen LogP contribution in [0.5, 0.6) is 0 Å². The van der Waals surface area contributed by atoms with Gasteiger partial charge in [-0.2, -0.15) is 0 Å². The van der Waals surface area contributed by atoms with Crippen LogP contribution in [-0.2, 0) is 6.54 Å². The predicted octanol–water partition coefficient (Wildman–Crippen LogP) is 6.13. The van der Waals surface area contributed by atoms with Crippen molar-refractivity contribution in [1.82, 2.24) is 0 Å². The summed E-state index contributed by atoms with van der Waals surface area (Å²) in [7, 11) is 0. The van der Waals surface area contributed by atoms with Crippen molar-refractivity contribution in [2.45, 2.75) is 6.54 Å². The van der Waals surface area contributed by atoms with Crippen molar-refractivity contribution in [2.75, 3.05) is 5.32 Å². The smallest absolute Gasteiger partial charge is 0.0593 e. The highest BCUT2D eigenvalue weighted by Crippen LogP contribution is 2.30. The third-order valence-electron chi connectivity index (χ3n) is 2.42. The van der Waals surface area contributed by atoms with Crippen LogP contribution < -0.4 is 5.32 Å². The second-order valence-electron chi connectivity index (χ2n) is 3.70. The van der Waals surface area contributed by atoms with E-state index in [2.05, 4.69) is 37.2 Å². The van der Waals surface area contributed by atoms with Crippen molar-refractivity contribution in [3.05, 3.63) is 61.0 Å². The van der Waals surface area contributed by atoms with E-state index in [-0.39, 0.29) is 0 Å². The molecule has 2 rings (SSSR count). The van der Waals surface area contributed by atoms with Crippen molar-refractivity contribution >= 4 is 60.7 Å². The first-order valence-electron chi connectivity index (χ1n) is 5.20. The number of halogens is 4. The van der Waals surface area contributed by atoms with Gasteiger partial charge >= 0.3 is 0 Å².